The molecule has 1 heterocycles. The molecular formula is C17H24N2S. The Hall–Kier alpha value is -0.930. The van der Waals surface area contributed by atoms with Crippen LogP contribution in [0, 0.1) is 0 Å². The van der Waals surface area contributed by atoms with Gasteiger partial charge in [0, 0.05) is 17.4 Å². The van der Waals surface area contributed by atoms with Gasteiger partial charge in [-0.15, -0.1) is 11.3 Å². The van der Waals surface area contributed by atoms with E-state index in [0.717, 1.165) is 6.54 Å². The minimum absolute atomic E-state index is 0.118. The maximum Gasteiger partial charge on any atom is 0.0992 e. The fraction of sp³-hybridized carbons (Fsp3) is 0.588. The largest absolute Gasteiger partial charge is 0.330 e. The number of aromatic nitrogens is 1. The molecule has 0 radical (unpaired) electrons. The maximum absolute atomic E-state index is 6.16. The third kappa shape index (κ3) is 2.17. The summed E-state index contributed by atoms with van der Waals surface area (Å²) in [6.45, 7) is 7.45. The lowest BCUT2D eigenvalue weighted by Gasteiger charge is -2.28. The van der Waals surface area contributed by atoms with Crippen molar-refractivity contribution in [1.29, 1.82) is 0 Å². The molecule has 3 heteroatoms. The summed E-state index contributed by atoms with van der Waals surface area (Å²) in [5.41, 5.74) is 9.04. The van der Waals surface area contributed by atoms with E-state index in [9.17, 15) is 0 Å². The highest BCUT2D eigenvalue weighted by Gasteiger charge is 2.36. The number of thiazole rings is 1. The van der Waals surface area contributed by atoms with Gasteiger partial charge in [-0.05, 0) is 24.5 Å². The summed E-state index contributed by atoms with van der Waals surface area (Å²) in [6.07, 6.45) is 5.02. The second-order valence-corrected chi connectivity index (χ2v) is 8.14. The molecule has 0 amide bonds. The molecular weight excluding hydrogens is 264 g/mol. The Labute approximate surface area is 125 Å². The van der Waals surface area contributed by atoms with E-state index in [-0.39, 0.29) is 10.8 Å². The second-order valence-electron chi connectivity index (χ2n) is 7.11. The van der Waals surface area contributed by atoms with E-state index in [1.807, 2.05) is 11.3 Å². The van der Waals surface area contributed by atoms with Gasteiger partial charge in [0.1, 0.15) is 0 Å². The Morgan fingerprint density at radius 3 is 2.55 bits per heavy atom. The fourth-order valence-corrected chi connectivity index (χ4v) is 4.38. The van der Waals surface area contributed by atoms with Crippen molar-refractivity contribution >= 4 is 21.6 Å². The highest BCUT2D eigenvalue weighted by molar-refractivity contribution is 7.18. The number of hydrogen-bond acceptors (Lipinski definition) is 3. The van der Waals surface area contributed by atoms with Crippen LogP contribution in [0.3, 0.4) is 0 Å². The van der Waals surface area contributed by atoms with Crippen LogP contribution in [0.2, 0.25) is 0 Å². The lowest BCUT2D eigenvalue weighted by Crippen LogP contribution is -2.32. The third-order valence-electron chi connectivity index (χ3n) is 4.58. The quantitative estimate of drug-likeness (QED) is 0.891. The first kappa shape index (κ1) is 14.0. The Balaban J connectivity index is 2.19. The Kier molecular flexibility index (Phi) is 3.38. The minimum atomic E-state index is 0.118. The number of para-hydroxylation sites is 1. The molecule has 2 nitrogen and oxygen atoms in total. The smallest absolute Gasteiger partial charge is 0.0992 e. The van der Waals surface area contributed by atoms with Crippen molar-refractivity contribution in [2.75, 3.05) is 6.54 Å². The van der Waals surface area contributed by atoms with E-state index in [4.69, 9.17) is 10.7 Å². The van der Waals surface area contributed by atoms with Gasteiger partial charge in [0.05, 0.1) is 15.2 Å². The molecule has 0 bridgehead atoms. The van der Waals surface area contributed by atoms with Crippen LogP contribution in [-0.2, 0) is 10.8 Å². The van der Waals surface area contributed by atoms with Gasteiger partial charge >= 0.3 is 0 Å². The summed E-state index contributed by atoms with van der Waals surface area (Å²) in [5.74, 6) is 0. The molecule has 1 fully saturated rings. The SMILES string of the molecule is CC(C)(C)c1nc2c(C3(CN)CCCC3)cccc2s1. The molecule has 108 valence electrons. The average molecular weight is 288 g/mol. The summed E-state index contributed by atoms with van der Waals surface area (Å²) in [5, 5.41) is 1.23. The van der Waals surface area contributed by atoms with Crippen molar-refractivity contribution in [1.82, 2.24) is 4.98 Å². The summed E-state index contributed by atoms with van der Waals surface area (Å²) < 4.78 is 1.31. The van der Waals surface area contributed by atoms with Gasteiger partial charge in [0.15, 0.2) is 0 Å². The molecule has 1 aliphatic carbocycles. The third-order valence-corrected chi connectivity index (χ3v) is 6.03. The van der Waals surface area contributed by atoms with Crippen LogP contribution in [0.4, 0.5) is 0 Å². The van der Waals surface area contributed by atoms with Crippen molar-refractivity contribution in [3.63, 3.8) is 0 Å². The predicted octanol–water partition coefficient (Wildman–Crippen LogP) is 4.36. The highest BCUT2D eigenvalue weighted by Crippen LogP contribution is 2.44. The van der Waals surface area contributed by atoms with Crippen LogP contribution in [0.1, 0.15) is 57.0 Å². The summed E-state index contributed by atoms with van der Waals surface area (Å²) in [4.78, 5) is 4.98. The first-order valence-corrected chi connectivity index (χ1v) is 8.38. The van der Waals surface area contributed by atoms with E-state index < -0.39 is 0 Å². The van der Waals surface area contributed by atoms with Gasteiger partial charge in [-0.1, -0.05) is 45.7 Å². The van der Waals surface area contributed by atoms with Crippen LogP contribution in [0.15, 0.2) is 18.2 Å². The van der Waals surface area contributed by atoms with Gasteiger partial charge in [-0.2, -0.15) is 0 Å². The van der Waals surface area contributed by atoms with Crippen LogP contribution in [0.25, 0.3) is 10.2 Å². The molecule has 0 aliphatic heterocycles. The molecule has 0 saturated heterocycles. The molecule has 1 aromatic heterocycles. The van der Waals surface area contributed by atoms with Gasteiger partial charge in [0.25, 0.3) is 0 Å². The molecule has 1 saturated carbocycles. The van der Waals surface area contributed by atoms with Crippen molar-refractivity contribution < 1.29 is 0 Å². The van der Waals surface area contributed by atoms with Gasteiger partial charge < -0.3 is 5.73 Å². The van der Waals surface area contributed by atoms with E-state index in [1.54, 1.807) is 0 Å². The van der Waals surface area contributed by atoms with Gasteiger partial charge in [-0.25, -0.2) is 4.98 Å². The van der Waals surface area contributed by atoms with Crippen molar-refractivity contribution in [2.45, 2.75) is 57.3 Å². The Morgan fingerprint density at radius 2 is 1.95 bits per heavy atom. The zero-order valence-corrected chi connectivity index (χ0v) is 13.5. The fourth-order valence-electron chi connectivity index (χ4n) is 3.33. The van der Waals surface area contributed by atoms with Gasteiger partial charge in [0.2, 0.25) is 0 Å². The molecule has 0 unspecified atom stereocenters. The average Bonchev–Trinajstić information content (AvgIpc) is 3.05. The lowest BCUT2D eigenvalue weighted by atomic mass is 9.78. The molecule has 1 aliphatic rings. The number of rotatable bonds is 2. The van der Waals surface area contributed by atoms with Crippen molar-refractivity contribution in [3.8, 4) is 0 Å². The van der Waals surface area contributed by atoms with Gasteiger partial charge in [-0.3, -0.25) is 0 Å². The Bertz CT molecular complexity index is 615. The molecule has 0 spiro atoms. The number of nitrogens with zero attached hydrogens (tertiary/aromatic N) is 1. The zero-order chi connectivity index (χ0) is 14.4. The van der Waals surface area contributed by atoms with Crippen molar-refractivity contribution in [3.05, 3.63) is 28.8 Å². The van der Waals surface area contributed by atoms with E-state index in [0.29, 0.717) is 0 Å². The number of hydrogen-bond donors (Lipinski definition) is 1. The molecule has 2 N–H and O–H groups in total. The lowest BCUT2D eigenvalue weighted by molar-refractivity contribution is 0.456. The first-order chi connectivity index (χ1) is 9.46. The first-order valence-electron chi connectivity index (χ1n) is 7.57. The molecule has 0 atom stereocenters. The molecule has 20 heavy (non-hydrogen) atoms. The highest BCUT2D eigenvalue weighted by atomic mass is 32.1. The topological polar surface area (TPSA) is 38.9 Å². The monoisotopic (exact) mass is 288 g/mol. The Morgan fingerprint density at radius 1 is 1.25 bits per heavy atom. The van der Waals surface area contributed by atoms with E-state index in [2.05, 4.69) is 39.0 Å². The van der Waals surface area contributed by atoms with Crippen LogP contribution >= 0.6 is 11.3 Å². The molecule has 3 rings (SSSR count). The van der Waals surface area contributed by atoms with E-state index in [1.165, 1.54) is 46.5 Å². The normalized spacial score (nSPS) is 18.8. The van der Waals surface area contributed by atoms with Crippen LogP contribution in [-0.4, -0.2) is 11.5 Å². The van der Waals surface area contributed by atoms with Crippen molar-refractivity contribution in [2.24, 2.45) is 5.73 Å². The second kappa shape index (κ2) is 4.81. The maximum atomic E-state index is 6.16. The minimum Gasteiger partial charge on any atom is -0.330 e. The number of nitrogens with two attached hydrogens (primary N) is 1. The molecule has 2 aromatic rings. The van der Waals surface area contributed by atoms with Crippen LogP contribution < -0.4 is 5.73 Å². The summed E-state index contributed by atoms with van der Waals surface area (Å²) in [6, 6.07) is 6.63. The summed E-state index contributed by atoms with van der Waals surface area (Å²) >= 11 is 1.83. The van der Waals surface area contributed by atoms with Crippen LogP contribution in [0.5, 0.6) is 0 Å². The standard InChI is InChI=1S/C17H24N2S/c1-16(2,3)15-19-14-12(7-6-8-13(14)20-15)17(11-18)9-4-5-10-17/h6-8H,4-5,9-11,18H2,1-3H3. The summed E-state index contributed by atoms with van der Waals surface area (Å²) in [7, 11) is 0. The number of benzene rings is 1. The molecule has 1 aromatic carbocycles. The predicted molar refractivity (Wildman–Crippen MR) is 87.5 cm³/mol. The van der Waals surface area contributed by atoms with E-state index >= 15 is 0 Å². The number of fused-ring (bicyclic) bond motifs is 1. The zero-order valence-electron chi connectivity index (χ0n) is 12.7.